The summed E-state index contributed by atoms with van der Waals surface area (Å²) < 4.78 is 18.5. The van der Waals surface area contributed by atoms with Crippen LogP contribution in [-0.4, -0.2) is 11.8 Å². The largest absolute Gasteiger partial charge is 0.489 e. The summed E-state index contributed by atoms with van der Waals surface area (Å²) in [5.74, 6) is -0.271. The molecule has 0 spiro atoms. The lowest BCUT2D eigenvalue weighted by atomic mass is 10.1. The molecule has 5 nitrogen and oxygen atoms in total. The van der Waals surface area contributed by atoms with Gasteiger partial charge in [-0.25, -0.2) is 4.39 Å². The van der Waals surface area contributed by atoms with Crippen LogP contribution in [0.1, 0.15) is 27.9 Å². The van der Waals surface area contributed by atoms with E-state index in [0.29, 0.717) is 18.6 Å². The number of halogens is 1. The first-order chi connectivity index (χ1) is 14.1. The molecule has 3 aromatic rings. The van der Waals surface area contributed by atoms with Crippen LogP contribution in [0.5, 0.6) is 5.75 Å². The number of aryl methyl sites for hydroxylation is 1. The van der Waals surface area contributed by atoms with E-state index in [9.17, 15) is 14.0 Å². The van der Waals surface area contributed by atoms with Crippen LogP contribution in [0.3, 0.4) is 0 Å². The monoisotopic (exact) mass is 392 g/mol. The molecule has 0 aromatic heterocycles. The summed E-state index contributed by atoms with van der Waals surface area (Å²) in [5.41, 5.74) is 6.97. The van der Waals surface area contributed by atoms with Gasteiger partial charge in [-0.15, -0.1) is 0 Å². The number of hydrogen-bond acceptors (Lipinski definition) is 3. The average Bonchev–Trinajstić information content (AvgIpc) is 2.76. The highest BCUT2D eigenvalue weighted by Gasteiger charge is 2.08. The Labute approximate surface area is 168 Å². The standard InChI is InChI=1S/C23H21FN2O3/c24-20-13-8-17(9-14-20)10-15-22(27)25-26-23(28)19-11-6-18(7-12-19)16-29-21-4-2-1-3-5-21/h1-9,11-14H,10,15-16H2,(H,25,27)(H,26,28). The topological polar surface area (TPSA) is 67.4 Å². The minimum atomic E-state index is -0.407. The highest BCUT2D eigenvalue weighted by atomic mass is 19.1. The third kappa shape index (κ3) is 6.46. The van der Waals surface area contributed by atoms with E-state index in [4.69, 9.17) is 4.74 Å². The lowest BCUT2D eigenvalue weighted by Gasteiger charge is -2.09. The quantitative estimate of drug-likeness (QED) is 0.601. The molecule has 0 heterocycles. The van der Waals surface area contributed by atoms with Crippen LogP contribution in [0, 0.1) is 5.82 Å². The molecule has 6 heteroatoms. The molecule has 0 unspecified atom stereocenters. The summed E-state index contributed by atoms with van der Waals surface area (Å²) in [7, 11) is 0. The van der Waals surface area contributed by atoms with Crippen LogP contribution < -0.4 is 15.6 Å². The summed E-state index contributed by atoms with van der Waals surface area (Å²) in [6.45, 7) is 0.395. The predicted molar refractivity (Wildman–Crippen MR) is 108 cm³/mol. The summed E-state index contributed by atoms with van der Waals surface area (Å²) in [6.07, 6.45) is 0.639. The van der Waals surface area contributed by atoms with Crippen LogP contribution in [0.25, 0.3) is 0 Å². The summed E-state index contributed by atoms with van der Waals surface area (Å²) in [4.78, 5) is 24.0. The summed E-state index contributed by atoms with van der Waals surface area (Å²) >= 11 is 0. The van der Waals surface area contributed by atoms with E-state index in [2.05, 4.69) is 10.9 Å². The lowest BCUT2D eigenvalue weighted by molar-refractivity contribution is -0.121. The molecule has 0 aliphatic carbocycles. The van der Waals surface area contributed by atoms with Gasteiger partial charge in [-0.2, -0.15) is 0 Å². The molecule has 3 rings (SSSR count). The number of hydrazine groups is 1. The minimum absolute atomic E-state index is 0.182. The van der Waals surface area contributed by atoms with Gasteiger partial charge in [0.15, 0.2) is 0 Å². The fourth-order valence-corrected chi connectivity index (χ4v) is 2.61. The van der Waals surface area contributed by atoms with Gasteiger partial charge in [-0.05, 0) is 53.9 Å². The van der Waals surface area contributed by atoms with E-state index in [-0.39, 0.29) is 18.1 Å². The van der Waals surface area contributed by atoms with Crippen LogP contribution in [0.2, 0.25) is 0 Å². The van der Waals surface area contributed by atoms with Gasteiger partial charge in [-0.1, -0.05) is 42.5 Å². The molecule has 0 fully saturated rings. The van der Waals surface area contributed by atoms with E-state index in [1.165, 1.54) is 12.1 Å². The molecule has 148 valence electrons. The van der Waals surface area contributed by atoms with Gasteiger partial charge in [0.25, 0.3) is 5.91 Å². The Hall–Kier alpha value is -3.67. The van der Waals surface area contributed by atoms with Crippen LogP contribution in [0.15, 0.2) is 78.9 Å². The van der Waals surface area contributed by atoms with Crippen LogP contribution >= 0.6 is 0 Å². The van der Waals surface area contributed by atoms with Gasteiger partial charge < -0.3 is 4.74 Å². The van der Waals surface area contributed by atoms with E-state index >= 15 is 0 Å². The zero-order valence-corrected chi connectivity index (χ0v) is 15.7. The summed E-state index contributed by atoms with van der Waals surface area (Å²) in [6, 6.07) is 22.4. The number of nitrogens with one attached hydrogen (secondary N) is 2. The molecule has 3 aromatic carbocycles. The maximum Gasteiger partial charge on any atom is 0.269 e. The number of ether oxygens (including phenoxy) is 1. The molecule has 0 aliphatic heterocycles. The van der Waals surface area contributed by atoms with E-state index in [0.717, 1.165) is 16.9 Å². The fraction of sp³-hybridized carbons (Fsp3) is 0.130. The van der Waals surface area contributed by atoms with Crippen LogP contribution in [-0.2, 0) is 17.8 Å². The Balaban J connectivity index is 1.41. The normalized spacial score (nSPS) is 10.2. The molecule has 0 atom stereocenters. The van der Waals surface area contributed by atoms with Gasteiger partial charge in [0, 0.05) is 12.0 Å². The van der Waals surface area contributed by atoms with Crippen molar-refractivity contribution in [2.45, 2.75) is 19.4 Å². The van der Waals surface area contributed by atoms with Gasteiger partial charge in [0.1, 0.15) is 18.2 Å². The van der Waals surface area contributed by atoms with E-state index in [1.54, 1.807) is 36.4 Å². The molecule has 2 N–H and O–H groups in total. The Morgan fingerprint density at radius 3 is 2.14 bits per heavy atom. The zero-order chi connectivity index (χ0) is 20.5. The molecule has 0 bridgehead atoms. The Kier molecular flexibility index (Phi) is 6.95. The Morgan fingerprint density at radius 2 is 1.45 bits per heavy atom. The highest BCUT2D eigenvalue weighted by Crippen LogP contribution is 2.12. The van der Waals surface area contributed by atoms with Gasteiger partial charge in [-0.3, -0.25) is 20.4 Å². The maximum atomic E-state index is 12.9. The third-order valence-corrected chi connectivity index (χ3v) is 4.23. The first-order valence-corrected chi connectivity index (χ1v) is 9.20. The number of rotatable bonds is 7. The van der Waals surface area contributed by atoms with E-state index < -0.39 is 5.91 Å². The predicted octanol–water partition coefficient (Wildman–Crippen LogP) is 3.80. The number of carbonyl (C=O) groups is 2. The van der Waals surface area contributed by atoms with Crippen molar-refractivity contribution in [2.24, 2.45) is 0 Å². The van der Waals surface area contributed by atoms with Crippen molar-refractivity contribution in [1.82, 2.24) is 10.9 Å². The van der Waals surface area contributed by atoms with Crippen LogP contribution in [0.4, 0.5) is 4.39 Å². The second-order valence-corrected chi connectivity index (χ2v) is 6.43. The summed E-state index contributed by atoms with van der Waals surface area (Å²) in [5, 5.41) is 0. The van der Waals surface area contributed by atoms with Gasteiger partial charge >= 0.3 is 0 Å². The van der Waals surface area contributed by atoms with Crippen molar-refractivity contribution in [3.63, 3.8) is 0 Å². The van der Waals surface area contributed by atoms with Crippen molar-refractivity contribution in [2.75, 3.05) is 0 Å². The number of hydrogen-bond donors (Lipinski definition) is 2. The first-order valence-electron chi connectivity index (χ1n) is 9.20. The second-order valence-electron chi connectivity index (χ2n) is 6.43. The Morgan fingerprint density at radius 1 is 0.793 bits per heavy atom. The molecule has 0 saturated carbocycles. The van der Waals surface area contributed by atoms with E-state index in [1.807, 2.05) is 30.3 Å². The van der Waals surface area contributed by atoms with Crippen molar-refractivity contribution < 1.29 is 18.7 Å². The molecule has 0 radical (unpaired) electrons. The minimum Gasteiger partial charge on any atom is -0.489 e. The zero-order valence-electron chi connectivity index (χ0n) is 15.7. The average molecular weight is 392 g/mol. The number of para-hydroxylation sites is 1. The SMILES string of the molecule is O=C(CCc1ccc(F)cc1)NNC(=O)c1ccc(COc2ccccc2)cc1. The molecule has 0 saturated heterocycles. The number of benzene rings is 3. The van der Waals surface area contributed by atoms with Gasteiger partial charge in [0.2, 0.25) is 5.91 Å². The number of amides is 2. The molecule has 2 amide bonds. The molecular weight excluding hydrogens is 371 g/mol. The fourth-order valence-electron chi connectivity index (χ4n) is 2.61. The van der Waals surface area contributed by atoms with Crippen molar-refractivity contribution in [3.05, 3.63) is 101 Å². The third-order valence-electron chi connectivity index (χ3n) is 4.23. The second kappa shape index (κ2) is 10.0. The molecular formula is C23H21FN2O3. The van der Waals surface area contributed by atoms with Crippen molar-refractivity contribution in [1.29, 1.82) is 0 Å². The van der Waals surface area contributed by atoms with Gasteiger partial charge in [0.05, 0.1) is 0 Å². The lowest BCUT2D eigenvalue weighted by Crippen LogP contribution is -2.41. The number of carbonyl (C=O) groups excluding carboxylic acids is 2. The molecule has 29 heavy (non-hydrogen) atoms. The first kappa shape index (κ1) is 20.1. The maximum absolute atomic E-state index is 12.9. The molecule has 0 aliphatic rings. The highest BCUT2D eigenvalue weighted by molar-refractivity contribution is 5.95. The Bertz CT molecular complexity index is 942. The van der Waals surface area contributed by atoms with Crippen molar-refractivity contribution >= 4 is 11.8 Å². The van der Waals surface area contributed by atoms with Crippen molar-refractivity contribution in [3.8, 4) is 5.75 Å². The smallest absolute Gasteiger partial charge is 0.269 e.